The maximum Gasteiger partial charge on any atom is 0.407 e. The van der Waals surface area contributed by atoms with E-state index in [2.05, 4.69) is 28.8 Å². The molecule has 4 nitrogen and oxygen atoms in total. The largest absolute Gasteiger partial charge is 0.444 e. The molecule has 1 aromatic rings. The number of carbonyl (C=O) groups excluding carboxylic acids is 1. The summed E-state index contributed by atoms with van der Waals surface area (Å²) in [6, 6.07) is 8.56. The molecular weight excluding hydrogens is 240 g/mol. The maximum atomic E-state index is 11.6. The quantitative estimate of drug-likeness (QED) is 0.861. The predicted octanol–water partition coefficient (Wildman–Crippen LogP) is 2.94. The highest BCUT2D eigenvalue weighted by Gasteiger charge is 2.20. The van der Waals surface area contributed by atoms with Gasteiger partial charge in [0.15, 0.2) is 0 Å². The van der Waals surface area contributed by atoms with Gasteiger partial charge in [0.05, 0.1) is 0 Å². The second-order valence-electron chi connectivity index (χ2n) is 5.92. The van der Waals surface area contributed by atoms with Crippen LogP contribution in [-0.4, -0.2) is 24.3 Å². The summed E-state index contributed by atoms with van der Waals surface area (Å²) < 4.78 is 5.22. The first-order chi connectivity index (χ1) is 8.94. The van der Waals surface area contributed by atoms with Crippen molar-refractivity contribution in [2.75, 3.05) is 11.9 Å². The Bertz CT molecular complexity index is 452. The molecule has 0 radical (unpaired) electrons. The van der Waals surface area contributed by atoms with Gasteiger partial charge in [0, 0.05) is 18.3 Å². The van der Waals surface area contributed by atoms with Crippen molar-refractivity contribution in [1.29, 1.82) is 0 Å². The van der Waals surface area contributed by atoms with E-state index in [9.17, 15) is 4.79 Å². The molecule has 4 heteroatoms. The summed E-state index contributed by atoms with van der Waals surface area (Å²) in [7, 11) is 0. The zero-order valence-electron chi connectivity index (χ0n) is 11.8. The van der Waals surface area contributed by atoms with E-state index in [0.717, 1.165) is 12.8 Å². The average Bonchev–Trinajstić information content (AvgIpc) is 2.34. The van der Waals surface area contributed by atoms with E-state index in [1.54, 1.807) is 0 Å². The van der Waals surface area contributed by atoms with Crippen molar-refractivity contribution in [1.82, 2.24) is 5.32 Å². The summed E-state index contributed by atoms with van der Waals surface area (Å²) in [5.41, 5.74) is 2.07. The first-order valence-electron chi connectivity index (χ1n) is 6.75. The van der Waals surface area contributed by atoms with Crippen molar-refractivity contribution >= 4 is 11.8 Å². The van der Waals surface area contributed by atoms with E-state index in [0.29, 0.717) is 6.54 Å². The lowest BCUT2D eigenvalue weighted by molar-refractivity contribution is 0.0525. The fourth-order valence-corrected chi connectivity index (χ4v) is 2.17. The van der Waals surface area contributed by atoms with Gasteiger partial charge in [-0.3, -0.25) is 0 Å². The first kappa shape index (κ1) is 13.7. The number of alkyl carbamates (subject to hydrolysis) is 1. The Morgan fingerprint density at radius 2 is 2.16 bits per heavy atom. The zero-order valence-corrected chi connectivity index (χ0v) is 11.8. The van der Waals surface area contributed by atoms with E-state index in [4.69, 9.17) is 4.74 Å². The molecular formula is C15H22N2O2. The van der Waals surface area contributed by atoms with Gasteiger partial charge in [-0.05, 0) is 45.2 Å². The third-order valence-electron chi connectivity index (χ3n) is 3.03. The lowest BCUT2D eigenvalue weighted by atomic mass is 9.98. The molecule has 0 spiro atoms. The summed E-state index contributed by atoms with van der Waals surface area (Å²) in [6.07, 6.45) is 1.71. The molecule has 0 bridgehead atoms. The number of hydrogen-bond acceptors (Lipinski definition) is 3. The van der Waals surface area contributed by atoms with Gasteiger partial charge in [-0.2, -0.15) is 0 Å². The number of hydrogen-bond donors (Lipinski definition) is 2. The monoisotopic (exact) mass is 262 g/mol. The minimum Gasteiger partial charge on any atom is -0.444 e. The van der Waals surface area contributed by atoms with Crippen molar-refractivity contribution in [2.45, 2.75) is 45.3 Å². The fraction of sp³-hybridized carbons (Fsp3) is 0.533. The summed E-state index contributed by atoms with van der Waals surface area (Å²) in [5.74, 6) is 0. The minimum atomic E-state index is -0.448. The van der Waals surface area contributed by atoms with Crippen LogP contribution in [-0.2, 0) is 11.2 Å². The van der Waals surface area contributed by atoms with Crippen LogP contribution in [0.5, 0.6) is 0 Å². The SMILES string of the molecule is CC(C)(C)OC(=O)NCC1CCc2ccccc2N1. The third kappa shape index (κ3) is 4.16. The molecule has 0 saturated carbocycles. The molecule has 0 saturated heterocycles. The molecule has 1 aliphatic rings. The zero-order chi connectivity index (χ0) is 13.9. The second kappa shape index (κ2) is 5.51. The number of ether oxygens (including phenoxy) is 1. The third-order valence-corrected chi connectivity index (χ3v) is 3.03. The standard InChI is InChI=1S/C15H22N2O2/c1-15(2,3)19-14(18)16-10-12-9-8-11-6-4-5-7-13(11)17-12/h4-7,12,17H,8-10H2,1-3H3,(H,16,18). The molecule has 1 unspecified atom stereocenters. The molecule has 1 aliphatic heterocycles. The highest BCUT2D eigenvalue weighted by molar-refractivity contribution is 5.67. The Kier molecular flexibility index (Phi) is 3.98. The van der Waals surface area contributed by atoms with Crippen LogP contribution >= 0.6 is 0 Å². The van der Waals surface area contributed by atoms with Crippen LogP contribution in [0.2, 0.25) is 0 Å². The number of amides is 1. The lowest BCUT2D eigenvalue weighted by Crippen LogP contribution is -2.40. The molecule has 0 aromatic heterocycles. The normalized spacial score (nSPS) is 18.2. The predicted molar refractivity (Wildman–Crippen MR) is 76.4 cm³/mol. The number of anilines is 1. The maximum absolute atomic E-state index is 11.6. The van der Waals surface area contributed by atoms with Crippen LogP contribution < -0.4 is 10.6 Å². The highest BCUT2D eigenvalue weighted by atomic mass is 16.6. The van der Waals surface area contributed by atoms with Crippen molar-refractivity contribution in [3.8, 4) is 0 Å². The number of rotatable bonds is 2. The molecule has 1 heterocycles. The van der Waals surface area contributed by atoms with Crippen LogP contribution in [0.4, 0.5) is 10.5 Å². The van der Waals surface area contributed by atoms with E-state index >= 15 is 0 Å². The molecule has 0 fully saturated rings. The second-order valence-corrected chi connectivity index (χ2v) is 5.92. The van der Waals surface area contributed by atoms with Crippen molar-refractivity contribution < 1.29 is 9.53 Å². The van der Waals surface area contributed by atoms with Crippen molar-refractivity contribution in [3.63, 3.8) is 0 Å². The Morgan fingerprint density at radius 3 is 2.89 bits per heavy atom. The van der Waals surface area contributed by atoms with Crippen LogP contribution in [0.15, 0.2) is 24.3 Å². The topological polar surface area (TPSA) is 50.4 Å². The van der Waals surface area contributed by atoms with Gasteiger partial charge >= 0.3 is 6.09 Å². The molecule has 104 valence electrons. The number of aryl methyl sites for hydroxylation is 1. The van der Waals surface area contributed by atoms with Crippen molar-refractivity contribution in [3.05, 3.63) is 29.8 Å². The number of fused-ring (bicyclic) bond motifs is 1. The summed E-state index contributed by atoms with van der Waals surface area (Å²) >= 11 is 0. The molecule has 1 aromatic carbocycles. The summed E-state index contributed by atoms with van der Waals surface area (Å²) in [5, 5.41) is 6.26. The van der Waals surface area contributed by atoms with Crippen LogP contribution in [0, 0.1) is 0 Å². The summed E-state index contributed by atoms with van der Waals surface area (Å²) in [6.45, 7) is 6.17. The number of para-hydroxylation sites is 1. The van der Waals surface area contributed by atoms with E-state index in [1.165, 1.54) is 11.3 Å². The van der Waals surface area contributed by atoms with Gasteiger partial charge in [0.25, 0.3) is 0 Å². The molecule has 1 amide bonds. The lowest BCUT2D eigenvalue weighted by Gasteiger charge is -2.27. The van der Waals surface area contributed by atoms with Gasteiger partial charge in [0.2, 0.25) is 0 Å². The number of carbonyl (C=O) groups is 1. The average molecular weight is 262 g/mol. The Morgan fingerprint density at radius 1 is 1.42 bits per heavy atom. The van der Waals surface area contributed by atoms with Gasteiger partial charge in [-0.25, -0.2) is 4.79 Å². The molecule has 0 aliphatic carbocycles. The molecule has 1 atom stereocenters. The molecule has 19 heavy (non-hydrogen) atoms. The summed E-state index contributed by atoms with van der Waals surface area (Å²) in [4.78, 5) is 11.6. The van der Waals surface area contributed by atoms with E-state index < -0.39 is 5.60 Å². The Hall–Kier alpha value is -1.71. The van der Waals surface area contributed by atoms with Gasteiger partial charge in [-0.1, -0.05) is 18.2 Å². The van der Waals surface area contributed by atoms with Crippen LogP contribution in [0.1, 0.15) is 32.8 Å². The van der Waals surface area contributed by atoms with Gasteiger partial charge < -0.3 is 15.4 Å². The Balaban J connectivity index is 1.81. The van der Waals surface area contributed by atoms with E-state index in [1.807, 2.05) is 26.8 Å². The number of nitrogens with one attached hydrogen (secondary N) is 2. The van der Waals surface area contributed by atoms with Crippen LogP contribution in [0.3, 0.4) is 0 Å². The Labute approximate surface area is 114 Å². The van der Waals surface area contributed by atoms with Gasteiger partial charge in [0.1, 0.15) is 5.60 Å². The minimum absolute atomic E-state index is 0.266. The van der Waals surface area contributed by atoms with Crippen molar-refractivity contribution in [2.24, 2.45) is 0 Å². The molecule has 2 rings (SSSR count). The smallest absolute Gasteiger partial charge is 0.407 e. The van der Waals surface area contributed by atoms with Gasteiger partial charge in [-0.15, -0.1) is 0 Å². The van der Waals surface area contributed by atoms with Crippen LogP contribution in [0.25, 0.3) is 0 Å². The number of benzene rings is 1. The fourth-order valence-electron chi connectivity index (χ4n) is 2.17. The van der Waals surface area contributed by atoms with E-state index in [-0.39, 0.29) is 12.1 Å². The molecule has 2 N–H and O–H groups in total. The highest BCUT2D eigenvalue weighted by Crippen LogP contribution is 2.23. The first-order valence-corrected chi connectivity index (χ1v) is 6.75.